The number of carbonyl (C=O) groups excluding carboxylic acids is 3. The van der Waals surface area contributed by atoms with Gasteiger partial charge in [0.25, 0.3) is 5.91 Å². The molecule has 0 unspecified atom stereocenters. The maximum absolute atomic E-state index is 13.9. The third-order valence-corrected chi connectivity index (χ3v) is 6.61. The molecular weight excluding hydrogens is 511 g/mol. The van der Waals surface area contributed by atoms with Gasteiger partial charge in [0.1, 0.15) is 5.82 Å². The number of halogens is 1. The molecule has 208 valence electrons. The topological polar surface area (TPSA) is 91.0 Å². The lowest BCUT2D eigenvalue weighted by Gasteiger charge is -2.23. The largest absolute Gasteiger partial charge is 0.469 e. The first-order valence-corrected chi connectivity index (χ1v) is 13.0. The molecular formula is C31H33FN4O4. The molecule has 8 nitrogen and oxygen atoms in total. The van der Waals surface area contributed by atoms with E-state index in [-0.39, 0.29) is 24.2 Å². The summed E-state index contributed by atoms with van der Waals surface area (Å²) in [5.74, 6) is -1.20. The van der Waals surface area contributed by atoms with Gasteiger partial charge in [0.05, 0.1) is 30.5 Å². The highest BCUT2D eigenvalue weighted by molar-refractivity contribution is 6.37. The molecule has 0 spiro atoms. The molecule has 0 bridgehead atoms. The third-order valence-electron chi connectivity index (χ3n) is 6.61. The van der Waals surface area contributed by atoms with Crippen LogP contribution >= 0.6 is 0 Å². The van der Waals surface area contributed by atoms with Gasteiger partial charge in [-0.25, -0.2) is 4.39 Å². The van der Waals surface area contributed by atoms with E-state index in [1.165, 1.54) is 19.2 Å². The number of hydrogen-bond donors (Lipinski definition) is 2. The van der Waals surface area contributed by atoms with Crippen LogP contribution in [0.1, 0.15) is 30.0 Å². The van der Waals surface area contributed by atoms with E-state index in [4.69, 9.17) is 4.74 Å². The van der Waals surface area contributed by atoms with Gasteiger partial charge < -0.3 is 25.2 Å². The van der Waals surface area contributed by atoms with E-state index in [0.29, 0.717) is 40.3 Å². The van der Waals surface area contributed by atoms with Gasteiger partial charge in [-0.3, -0.25) is 14.4 Å². The molecule has 0 aliphatic carbocycles. The van der Waals surface area contributed by atoms with Crippen LogP contribution in [0, 0.1) is 5.82 Å². The van der Waals surface area contributed by atoms with E-state index < -0.39 is 5.82 Å². The van der Waals surface area contributed by atoms with Gasteiger partial charge in [0.2, 0.25) is 5.91 Å². The maximum atomic E-state index is 13.9. The van der Waals surface area contributed by atoms with E-state index in [1.54, 1.807) is 30.0 Å². The summed E-state index contributed by atoms with van der Waals surface area (Å²) in [5.41, 5.74) is 4.81. The monoisotopic (exact) mass is 544 g/mol. The number of hydrogen-bond acceptors (Lipinski definition) is 6. The minimum Gasteiger partial charge on any atom is -0.469 e. The lowest BCUT2D eigenvalue weighted by molar-refractivity contribution is -0.139. The fourth-order valence-electron chi connectivity index (χ4n) is 4.58. The van der Waals surface area contributed by atoms with E-state index in [1.807, 2.05) is 50.5 Å². The second-order valence-electron chi connectivity index (χ2n) is 9.84. The van der Waals surface area contributed by atoms with Crippen molar-refractivity contribution in [3.63, 3.8) is 0 Å². The van der Waals surface area contributed by atoms with Crippen LogP contribution in [0.25, 0.3) is 11.3 Å². The average Bonchev–Trinajstić information content (AvgIpc) is 3.24. The normalized spacial score (nSPS) is 13.5. The van der Waals surface area contributed by atoms with Crippen molar-refractivity contribution in [1.82, 2.24) is 4.90 Å². The van der Waals surface area contributed by atoms with Crippen molar-refractivity contribution in [3.05, 3.63) is 89.2 Å². The number of benzene rings is 3. The quantitative estimate of drug-likeness (QED) is 0.282. The number of esters is 1. The first kappa shape index (κ1) is 28.5. The maximum Gasteiger partial charge on any atom is 0.309 e. The molecule has 1 aliphatic rings. The molecule has 0 radical (unpaired) electrons. The van der Waals surface area contributed by atoms with Crippen LogP contribution in [0.15, 0.2) is 66.7 Å². The number of ether oxygens (including phenoxy) is 1. The number of amides is 2. The average molecular weight is 545 g/mol. The van der Waals surface area contributed by atoms with Crippen molar-refractivity contribution in [1.29, 1.82) is 0 Å². The Labute approximate surface area is 233 Å². The Morgan fingerprint density at radius 2 is 1.68 bits per heavy atom. The summed E-state index contributed by atoms with van der Waals surface area (Å²) in [6.07, 6.45) is 0.964. The number of nitrogens with one attached hydrogen (secondary N) is 2. The summed E-state index contributed by atoms with van der Waals surface area (Å²) >= 11 is 0. The molecule has 2 N–H and O–H groups in total. The first-order valence-electron chi connectivity index (χ1n) is 13.0. The standard InChI is InChI=1S/C31H33FN4O4/c1-20(37)36(17-5-16-35(2)3)25-13-11-24(12-14-25)33-30(22-8-6-21(7-9-22)18-28(38)40-4)29-26-15-10-23(32)19-27(26)34-31(29)39/h6-15,19,33H,5,16-18H2,1-4H3,(H,34,39). The van der Waals surface area contributed by atoms with Crippen molar-refractivity contribution in [3.8, 4) is 0 Å². The van der Waals surface area contributed by atoms with Crippen molar-refractivity contribution >= 4 is 46.1 Å². The molecule has 0 atom stereocenters. The minimum absolute atomic E-state index is 0.0409. The molecule has 0 saturated carbocycles. The Morgan fingerprint density at radius 3 is 2.30 bits per heavy atom. The molecule has 0 aromatic heterocycles. The van der Waals surface area contributed by atoms with E-state index in [0.717, 1.165) is 24.2 Å². The van der Waals surface area contributed by atoms with Crippen LogP contribution < -0.4 is 15.5 Å². The van der Waals surface area contributed by atoms with Crippen molar-refractivity contribution < 1.29 is 23.5 Å². The smallest absolute Gasteiger partial charge is 0.309 e. The molecule has 0 saturated heterocycles. The molecule has 0 fully saturated rings. The predicted molar refractivity (Wildman–Crippen MR) is 155 cm³/mol. The van der Waals surface area contributed by atoms with Crippen LogP contribution in [0.5, 0.6) is 0 Å². The van der Waals surface area contributed by atoms with Crippen LogP contribution in [0.2, 0.25) is 0 Å². The number of methoxy groups -OCH3 is 1. The van der Waals surface area contributed by atoms with Crippen molar-refractivity contribution in [2.45, 2.75) is 19.8 Å². The van der Waals surface area contributed by atoms with Crippen molar-refractivity contribution in [2.24, 2.45) is 0 Å². The van der Waals surface area contributed by atoms with Gasteiger partial charge in [0.15, 0.2) is 0 Å². The van der Waals surface area contributed by atoms with Gasteiger partial charge in [0, 0.05) is 30.4 Å². The molecule has 1 aliphatic heterocycles. The van der Waals surface area contributed by atoms with Crippen molar-refractivity contribution in [2.75, 3.05) is 49.8 Å². The number of fused-ring (bicyclic) bond motifs is 1. The number of nitrogens with zero attached hydrogens (tertiary/aromatic N) is 2. The van der Waals surface area contributed by atoms with Gasteiger partial charge >= 0.3 is 5.97 Å². The van der Waals surface area contributed by atoms with Gasteiger partial charge in [-0.05, 0) is 80.7 Å². The highest BCUT2D eigenvalue weighted by Crippen LogP contribution is 2.38. The number of carbonyl (C=O) groups is 3. The third kappa shape index (κ3) is 6.73. The summed E-state index contributed by atoms with van der Waals surface area (Å²) in [6, 6.07) is 18.8. The predicted octanol–water partition coefficient (Wildman–Crippen LogP) is 4.78. The molecule has 3 aromatic rings. The summed E-state index contributed by atoms with van der Waals surface area (Å²) in [6.45, 7) is 3.01. The second-order valence-corrected chi connectivity index (χ2v) is 9.84. The summed E-state index contributed by atoms with van der Waals surface area (Å²) in [4.78, 5) is 41.0. The van der Waals surface area contributed by atoms with E-state index in [9.17, 15) is 18.8 Å². The molecule has 3 aromatic carbocycles. The van der Waals surface area contributed by atoms with Crippen LogP contribution in [0.4, 0.5) is 21.5 Å². The van der Waals surface area contributed by atoms with Crippen LogP contribution in [-0.2, 0) is 25.5 Å². The Hall–Kier alpha value is -4.50. The number of rotatable bonds is 10. The Kier molecular flexibility index (Phi) is 8.96. The van der Waals surface area contributed by atoms with Gasteiger partial charge in [-0.1, -0.05) is 24.3 Å². The summed E-state index contributed by atoms with van der Waals surface area (Å²) in [7, 11) is 5.33. The highest BCUT2D eigenvalue weighted by Gasteiger charge is 2.29. The summed E-state index contributed by atoms with van der Waals surface area (Å²) < 4.78 is 18.6. The Bertz CT molecular complexity index is 1430. The lowest BCUT2D eigenvalue weighted by atomic mass is 9.98. The zero-order valence-electron chi connectivity index (χ0n) is 23.1. The van der Waals surface area contributed by atoms with Crippen LogP contribution in [-0.4, -0.2) is 57.0 Å². The molecule has 9 heteroatoms. The van der Waals surface area contributed by atoms with E-state index >= 15 is 0 Å². The SMILES string of the molecule is COC(=O)Cc1ccc(C(Nc2ccc(N(CCCN(C)C)C(C)=O)cc2)=C2C(=O)Nc3cc(F)ccc32)cc1. The molecule has 2 amide bonds. The molecule has 40 heavy (non-hydrogen) atoms. The molecule has 1 heterocycles. The number of anilines is 3. The lowest BCUT2D eigenvalue weighted by Crippen LogP contribution is -2.31. The van der Waals surface area contributed by atoms with Gasteiger partial charge in [-0.15, -0.1) is 0 Å². The van der Waals surface area contributed by atoms with Gasteiger partial charge in [-0.2, -0.15) is 0 Å². The Balaban J connectivity index is 1.69. The second kappa shape index (κ2) is 12.6. The minimum atomic E-state index is -0.446. The fourth-order valence-corrected chi connectivity index (χ4v) is 4.58. The molecule has 4 rings (SSSR count). The van der Waals surface area contributed by atoms with Crippen LogP contribution in [0.3, 0.4) is 0 Å². The Morgan fingerprint density at radius 1 is 0.975 bits per heavy atom. The summed E-state index contributed by atoms with van der Waals surface area (Å²) in [5, 5.41) is 6.12. The first-order chi connectivity index (χ1) is 19.2. The zero-order chi connectivity index (χ0) is 28.8. The highest BCUT2D eigenvalue weighted by atomic mass is 19.1. The zero-order valence-corrected chi connectivity index (χ0v) is 23.1. The fraction of sp³-hybridized carbons (Fsp3) is 0.258. The van der Waals surface area contributed by atoms with E-state index in [2.05, 4.69) is 15.5 Å².